The number of pyridine rings is 1. The Hall–Kier alpha value is -2.07. The number of methoxy groups -OCH3 is 1. The Bertz CT molecular complexity index is 577. The number of piperidine rings is 1. The molecular weight excluding hydrogens is 286 g/mol. The Morgan fingerprint density at radius 1 is 1.13 bits per heavy atom. The van der Waals surface area contributed by atoms with Crippen LogP contribution < -0.4 is 10.1 Å². The van der Waals surface area contributed by atoms with Crippen LogP contribution in [0, 0.1) is 5.92 Å². The zero-order chi connectivity index (χ0) is 15.9. The fourth-order valence-electron chi connectivity index (χ4n) is 3.04. The Labute approximate surface area is 138 Å². The zero-order valence-corrected chi connectivity index (χ0v) is 13.7. The predicted octanol–water partition coefficient (Wildman–Crippen LogP) is 3.41. The van der Waals surface area contributed by atoms with Gasteiger partial charge in [0.2, 0.25) is 0 Å². The highest BCUT2D eigenvalue weighted by Crippen LogP contribution is 2.20. The summed E-state index contributed by atoms with van der Waals surface area (Å²) in [5, 5.41) is 3.45. The van der Waals surface area contributed by atoms with Crippen molar-refractivity contribution in [2.45, 2.75) is 19.4 Å². The van der Waals surface area contributed by atoms with Crippen LogP contribution in [0.3, 0.4) is 0 Å². The minimum Gasteiger partial charge on any atom is -0.495 e. The molecule has 1 fully saturated rings. The van der Waals surface area contributed by atoms with Crippen LogP contribution >= 0.6 is 0 Å². The third kappa shape index (κ3) is 4.70. The van der Waals surface area contributed by atoms with E-state index in [4.69, 9.17) is 4.74 Å². The first-order valence-electron chi connectivity index (χ1n) is 8.33. The normalized spacial score (nSPS) is 16.2. The largest absolute Gasteiger partial charge is 0.495 e. The molecule has 122 valence electrons. The third-order valence-corrected chi connectivity index (χ3v) is 4.50. The molecule has 23 heavy (non-hydrogen) atoms. The maximum Gasteiger partial charge on any atom is 0.137 e. The summed E-state index contributed by atoms with van der Waals surface area (Å²) in [6.45, 7) is 4.42. The Balaban J connectivity index is 1.40. The molecule has 0 amide bonds. The Morgan fingerprint density at radius 2 is 1.91 bits per heavy atom. The van der Waals surface area contributed by atoms with Crippen LogP contribution in [-0.4, -0.2) is 36.6 Å². The molecule has 2 heterocycles. The monoisotopic (exact) mass is 311 g/mol. The van der Waals surface area contributed by atoms with Gasteiger partial charge in [-0.2, -0.15) is 0 Å². The van der Waals surface area contributed by atoms with Crippen LogP contribution in [0.25, 0.3) is 0 Å². The standard InChI is InChI=1S/C19H25N3O/c1-23-18-7-8-19(21-14-18)20-13-16-9-11-22(12-10-16)15-17-5-3-2-4-6-17/h2-8,14,16H,9-13,15H2,1H3,(H,20,21). The Morgan fingerprint density at radius 3 is 2.57 bits per heavy atom. The first-order valence-corrected chi connectivity index (χ1v) is 8.33. The highest BCUT2D eigenvalue weighted by atomic mass is 16.5. The molecule has 3 rings (SSSR count). The topological polar surface area (TPSA) is 37.4 Å². The lowest BCUT2D eigenvalue weighted by atomic mass is 9.96. The highest BCUT2D eigenvalue weighted by Gasteiger charge is 2.19. The number of benzene rings is 1. The minimum atomic E-state index is 0.728. The van der Waals surface area contributed by atoms with Gasteiger partial charge in [-0.25, -0.2) is 4.98 Å². The Kier molecular flexibility index (Phi) is 5.48. The molecule has 1 aliphatic heterocycles. The van der Waals surface area contributed by atoms with Crippen LogP contribution in [0.1, 0.15) is 18.4 Å². The average Bonchev–Trinajstić information content (AvgIpc) is 2.62. The van der Waals surface area contributed by atoms with Crippen molar-refractivity contribution in [3.8, 4) is 5.75 Å². The van der Waals surface area contributed by atoms with Gasteiger partial charge in [0, 0.05) is 13.1 Å². The molecule has 4 heteroatoms. The molecule has 0 spiro atoms. The van der Waals surface area contributed by atoms with Crippen LogP contribution in [-0.2, 0) is 6.54 Å². The first kappa shape index (κ1) is 15.8. The van der Waals surface area contributed by atoms with Crippen molar-refractivity contribution in [3.05, 3.63) is 54.2 Å². The van der Waals surface area contributed by atoms with Crippen molar-refractivity contribution >= 4 is 5.82 Å². The van der Waals surface area contributed by atoms with E-state index in [2.05, 4.69) is 45.5 Å². The van der Waals surface area contributed by atoms with Crippen molar-refractivity contribution in [3.63, 3.8) is 0 Å². The van der Waals surface area contributed by atoms with Gasteiger partial charge in [0.25, 0.3) is 0 Å². The molecule has 1 aromatic carbocycles. The van der Waals surface area contributed by atoms with E-state index in [1.807, 2.05) is 12.1 Å². The summed E-state index contributed by atoms with van der Waals surface area (Å²) in [6, 6.07) is 14.7. The van der Waals surface area contributed by atoms with Crippen LogP contribution in [0.2, 0.25) is 0 Å². The summed E-state index contributed by atoms with van der Waals surface area (Å²) in [7, 11) is 1.66. The maximum absolute atomic E-state index is 5.13. The molecule has 4 nitrogen and oxygen atoms in total. The lowest BCUT2D eigenvalue weighted by Gasteiger charge is -2.32. The molecule has 0 atom stereocenters. The predicted molar refractivity (Wildman–Crippen MR) is 93.7 cm³/mol. The summed E-state index contributed by atoms with van der Waals surface area (Å²) in [4.78, 5) is 6.91. The summed E-state index contributed by atoms with van der Waals surface area (Å²) in [5.41, 5.74) is 1.41. The highest BCUT2D eigenvalue weighted by molar-refractivity contribution is 5.37. The molecule has 0 radical (unpaired) electrons. The molecule has 0 aliphatic carbocycles. The number of hydrogen-bond acceptors (Lipinski definition) is 4. The summed E-state index contributed by atoms with van der Waals surface area (Å²) >= 11 is 0. The molecule has 1 N–H and O–H groups in total. The van der Waals surface area contributed by atoms with Gasteiger partial charge in [-0.15, -0.1) is 0 Å². The smallest absolute Gasteiger partial charge is 0.137 e. The third-order valence-electron chi connectivity index (χ3n) is 4.50. The fraction of sp³-hybridized carbons (Fsp3) is 0.421. The number of nitrogens with one attached hydrogen (secondary N) is 1. The molecular formula is C19H25N3O. The van der Waals surface area contributed by atoms with E-state index in [-0.39, 0.29) is 0 Å². The van der Waals surface area contributed by atoms with E-state index >= 15 is 0 Å². The van der Waals surface area contributed by atoms with Gasteiger partial charge in [-0.1, -0.05) is 30.3 Å². The van der Waals surface area contributed by atoms with Crippen LogP contribution in [0.15, 0.2) is 48.7 Å². The van der Waals surface area contributed by atoms with Gasteiger partial charge in [0.05, 0.1) is 13.3 Å². The SMILES string of the molecule is COc1ccc(NCC2CCN(Cc3ccccc3)CC2)nc1. The lowest BCUT2D eigenvalue weighted by Crippen LogP contribution is -2.35. The van der Waals surface area contributed by atoms with E-state index in [0.29, 0.717) is 0 Å². The molecule has 2 aromatic rings. The van der Waals surface area contributed by atoms with Crippen LogP contribution in [0.5, 0.6) is 5.75 Å². The zero-order valence-electron chi connectivity index (χ0n) is 13.7. The van der Waals surface area contributed by atoms with E-state index in [9.17, 15) is 0 Å². The van der Waals surface area contributed by atoms with Gasteiger partial charge >= 0.3 is 0 Å². The number of hydrogen-bond donors (Lipinski definition) is 1. The maximum atomic E-state index is 5.13. The number of rotatable bonds is 6. The summed E-state index contributed by atoms with van der Waals surface area (Å²) in [5.74, 6) is 2.45. The van der Waals surface area contributed by atoms with Gasteiger partial charge in [-0.3, -0.25) is 4.90 Å². The van der Waals surface area contributed by atoms with E-state index in [0.717, 1.165) is 30.6 Å². The second-order valence-electron chi connectivity index (χ2n) is 6.17. The van der Waals surface area contributed by atoms with E-state index in [1.54, 1.807) is 13.3 Å². The van der Waals surface area contributed by atoms with Gasteiger partial charge in [0.15, 0.2) is 0 Å². The van der Waals surface area contributed by atoms with E-state index < -0.39 is 0 Å². The molecule has 0 bridgehead atoms. The fourth-order valence-corrected chi connectivity index (χ4v) is 3.04. The number of ether oxygens (including phenoxy) is 1. The number of likely N-dealkylation sites (tertiary alicyclic amines) is 1. The second-order valence-corrected chi connectivity index (χ2v) is 6.17. The lowest BCUT2D eigenvalue weighted by molar-refractivity contribution is 0.182. The molecule has 0 saturated carbocycles. The number of aromatic nitrogens is 1. The van der Waals surface area contributed by atoms with Crippen molar-refractivity contribution in [1.82, 2.24) is 9.88 Å². The summed E-state index contributed by atoms with van der Waals surface area (Å²) < 4.78 is 5.13. The average molecular weight is 311 g/mol. The van der Waals surface area contributed by atoms with Crippen molar-refractivity contribution in [2.75, 3.05) is 32.1 Å². The van der Waals surface area contributed by atoms with Crippen molar-refractivity contribution in [1.29, 1.82) is 0 Å². The van der Waals surface area contributed by atoms with Crippen molar-refractivity contribution < 1.29 is 4.74 Å². The van der Waals surface area contributed by atoms with E-state index in [1.165, 1.54) is 31.5 Å². The van der Waals surface area contributed by atoms with Gasteiger partial charge in [0.1, 0.15) is 11.6 Å². The molecule has 1 aliphatic rings. The molecule has 1 saturated heterocycles. The van der Waals surface area contributed by atoms with Gasteiger partial charge in [-0.05, 0) is 49.5 Å². The van der Waals surface area contributed by atoms with Crippen molar-refractivity contribution in [2.24, 2.45) is 5.92 Å². The first-order chi connectivity index (χ1) is 11.3. The second kappa shape index (κ2) is 7.97. The quantitative estimate of drug-likeness (QED) is 0.887. The summed E-state index contributed by atoms with van der Waals surface area (Å²) in [6.07, 6.45) is 4.25. The number of nitrogens with zero attached hydrogens (tertiary/aromatic N) is 2. The molecule has 0 unspecified atom stereocenters. The number of anilines is 1. The molecule has 1 aromatic heterocycles. The minimum absolute atomic E-state index is 0.728. The van der Waals surface area contributed by atoms with Crippen LogP contribution in [0.4, 0.5) is 5.82 Å². The van der Waals surface area contributed by atoms with Gasteiger partial charge < -0.3 is 10.1 Å².